The highest BCUT2D eigenvalue weighted by molar-refractivity contribution is 6.05. The number of benzene rings is 2. The summed E-state index contributed by atoms with van der Waals surface area (Å²) in [6.45, 7) is 4.09. The van der Waals surface area contributed by atoms with Gasteiger partial charge in [-0.3, -0.25) is 9.59 Å². The maximum Gasteiger partial charge on any atom is 0.267 e. The van der Waals surface area contributed by atoms with Crippen molar-refractivity contribution in [2.45, 2.75) is 20.0 Å². The van der Waals surface area contributed by atoms with Crippen LogP contribution in [0.1, 0.15) is 24.2 Å². The molecule has 3 rings (SSSR count). The topological polar surface area (TPSA) is 58.6 Å². The van der Waals surface area contributed by atoms with Crippen LogP contribution in [0.25, 0.3) is 0 Å². The van der Waals surface area contributed by atoms with E-state index >= 15 is 0 Å². The fourth-order valence-corrected chi connectivity index (χ4v) is 2.62. The van der Waals surface area contributed by atoms with Crippen LogP contribution in [0.3, 0.4) is 0 Å². The molecule has 2 aromatic rings. The van der Waals surface area contributed by atoms with Crippen LogP contribution in [0, 0.1) is 5.82 Å². The highest BCUT2D eigenvalue weighted by Crippen LogP contribution is 2.36. The average molecular weight is 328 g/mol. The molecule has 0 aromatic heterocycles. The average Bonchev–Trinajstić information content (AvgIpc) is 2.57. The number of hydrogen-bond acceptors (Lipinski definition) is 3. The number of nitrogens with zero attached hydrogens (tertiary/aromatic N) is 1. The number of nitrogens with one attached hydrogen (secondary N) is 1. The van der Waals surface area contributed by atoms with Crippen molar-refractivity contribution in [3.8, 4) is 5.75 Å². The van der Waals surface area contributed by atoms with E-state index in [0.29, 0.717) is 29.2 Å². The zero-order valence-electron chi connectivity index (χ0n) is 13.4. The molecule has 1 atom stereocenters. The zero-order valence-corrected chi connectivity index (χ0v) is 13.4. The van der Waals surface area contributed by atoms with E-state index in [-0.39, 0.29) is 11.8 Å². The molecule has 6 heteroatoms. The Labute approximate surface area is 139 Å². The number of carbonyl (C=O) groups excluding carboxylic acids is 2. The van der Waals surface area contributed by atoms with Crippen molar-refractivity contribution >= 4 is 23.2 Å². The Kier molecular flexibility index (Phi) is 4.20. The molecule has 1 N–H and O–H groups in total. The molecule has 0 spiro atoms. The SMILES string of the molecule is CCN1C(=O)C(C)Oc2ccc(NC(=O)c3ccc(F)cc3)cc21. The third-order valence-electron chi connectivity index (χ3n) is 3.85. The summed E-state index contributed by atoms with van der Waals surface area (Å²) >= 11 is 0. The Balaban J connectivity index is 1.86. The lowest BCUT2D eigenvalue weighted by Gasteiger charge is -2.32. The van der Waals surface area contributed by atoms with Crippen LogP contribution in [-0.4, -0.2) is 24.5 Å². The summed E-state index contributed by atoms with van der Waals surface area (Å²) in [5.41, 5.74) is 1.51. The first-order chi connectivity index (χ1) is 11.5. The van der Waals surface area contributed by atoms with Gasteiger partial charge < -0.3 is 15.0 Å². The fourth-order valence-electron chi connectivity index (χ4n) is 2.62. The number of halogens is 1. The number of fused-ring (bicyclic) bond motifs is 1. The Morgan fingerprint density at radius 3 is 2.62 bits per heavy atom. The lowest BCUT2D eigenvalue weighted by molar-refractivity contribution is -0.125. The van der Waals surface area contributed by atoms with Crippen molar-refractivity contribution in [1.82, 2.24) is 0 Å². The predicted molar refractivity (Wildman–Crippen MR) is 88.9 cm³/mol. The summed E-state index contributed by atoms with van der Waals surface area (Å²) in [5.74, 6) is -0.270. The molecule has 1 heterocycles. The molecule has 0 radical (unpaired) electrons. The minimum absolute atomic E-state index is 0.119. The summed E-state index contributed by atoms with van der Waals surface area (Å²) in [4.78, 5) is 26.0. The highest BCUT2D eigenvalue weighted by Gasteiger charge is 2.30. The van der Waals surface area contributed by atoms with Gasteiger partial charge in [-0.25, -0.2) is 4.39 Å². The minimum atomic E-state index is -0.530. The van der Waals surface area contributed by atoms with Gasteiger partial charge in [-0.05, 0) is 56.3 Å². The van der Waals surface area contributed by atoms with Gasteiger partial charge in [-0.15, -0.1) is 0 Å². The molecule has 0 fully saturated rings. The van der Waals surface area contributed by atoms with Gasteiger partial charge in [0.2, 0.25) is 0 Å². The third-order valence-corrected chi connectivity index (χ3v) is 3.85. The molecular weight excluding hydrogens is 311 g/mol. The first-order valence-electron chi connectivity index (χ1n) is 7.68. The molecule has 124 valence electrons. The van der Waals surface area contributed by atoms with E-state index in [9.17, 15) is 14.0 Å². The highest BCUT2D eigenvalue weighted by atomic mass is 19.1. The molecule has 24 heavy (non-hydrogen) atoms. The smallest absolute Gasteiger partial charge is 0.267 e. The molecular formula is C18H17FN2O3. The van der Waals surface area contributed by atoms with Gasteiger partial charge in [0.05, 0.1) is 5.69 Å². The number of hydrogen-bond donors (Lipinski definition) is 1. The van der Waals surface area contributed by atoms with Crippen LogP contribution < -0.4 is 15.0 Å². The summed E-state index contributed by atoms with van der Waals surface area (Å²) in [6, 6.07) is 10.4. The summed E-state index contributed by atoms with van der Waals surface area (Å²) < 4.78 is 18.5. The minimum Gasteiger partial charge on any atom is -0.479 e. The van der Waals surface area contributed by atoms with Crippen molar-refractivity contribution < 1.29 is 18.7 Å². The Morgan fingerprint density at radius 1 is 1.25 bits per heavy atom. The van der Waals surface area contributed by atoms with Gasteiger partial charge in [-0.1, -0.05) is 0 Å². The molecule has 1 aliphatic rings. The van der Waals surface area contributed by atoms with Gasteiger partial charge >= 0.3 is 0 Å². The number of ether oxygens (including phenoxy) is 1. The maximum atomic E-state index is 12.9. The molecule has 5 nitrogen and oxygen atoms in total. The van der Waals surface area contributed by atoms with Crippen molar-refractivity contribution in [1.29, 1.82) is 0 Å². The predicted octanol–water partition coefficient (Wildman–Crippen LogP) is 3.21. The normalized spacial score (nSPS) is 16.4. The van der Waals surface area contributed by atoms with Crippen molar-refractivity contribution in [2.75, 3.05) is 16.8 Å². The second-order valence-corrected chi connectivity index (χ2v) is 5.49. The van der Waals surface area contributed by atoms with Gasteiger partial charge in [-0.2, -0.15) is 0 Å². The Morgan fingerprint density at radius 2 is 1.96 bits per heavy atom. The number of anilines is 2. The quantitative estimate of drug-likeness (QED) is 0.941. The van der Waals surface area contributed by atoms with E-state index in [1.54, 1.807) is 30.0 Å². The first kappa shape index (κ1) is 16.0. The fraction of sp³-hybridized carbons (Fsp3) is 0.222. The largest absolute Gasteiger partial charge is 0.479 e. The van der Waals surface area contributed by atoms with Gasteiger partial charge in [0.1, 0.15) is 11.6 Å². The van der Waals surface area contributed by atoms with E-state index in [1.807, 2.05) is 6.92 Å². The summed E-state index contributed by atoms with van der Waals surface area (Å²) in [6.07, 6.45) is -0.530. The molecule has 0 saturated heterocycles. The van der Waals surface area contributed by atoms with Crippen molar-refractivity contribution in [3.05, 3.63) is 53.8 Å². The van der Waals surface area contributed by atoms with E-state index in [0.717, 1.165) is 0 Å². The van der Waals surface area contributed by atoms with E-state index < -0.39 is 11.9 Å². The lowest BCUT2D eigenvalue weighted by atomic mass is 10.1. The molecule has 0 bridgehead atoms. The molecule has 1 unspecified atom stereocenters. The van der Waals surface area contributed by atoms with Crippen LogP contribution in [0.2, 0.25) is 0 Å². The van der Waals surface area contributed by atoms with E-state index in [2.05, 4.69) is 5.32 Å². The van der Waals surface area contributed by atoms with Crippen LogP contribution in [0.15, 0.2) is 42.5 Å². The Bertz CT molecular complexity index is 789. The number of amides is 2. The van der Waals surface area contributed by atoms with Crippen LogP contribution in [0.4, 0.5) is 15.8 Å². The van der Waals surface area contributed by atoms with E-state index in [4.69, 9.17) is 4.74 Å². The van der Waals surface area contributed by atoms with Crippen LogP contribution in [0.5, 0.6) is 5.75 Å². The number of likely N-dealkylation sites (N-methyl/N-ethyl adjacent to an activating group) is 1. The van der Waals surface area contributed by atoms with Gasteiger partial charge in [0.25, 0.3) is 11.8 Å². The van der Waals surface area contributed by atoms with Crippen molar-refractivity contribution in [3.63, 3.8) is 0 Å². The molecule has 0 saturated carbocycles. The first-order valence-corrected chi connectivity index (χ1v) is 7.68. The van der Waals surface area contributed by atoms with Crippen molar-refractivity contribution in [2.24, 2.45) is 0 Å². The summed E-state index contributed by atoms with van der Waals surface area (Å²) in [5, 5.41) is 2.74. The maximum absolute atomic E-state index is 12.9. The molecule has 2 amide bonds. The molecule has 2 aromatic carbocycles. The van der Waals surface area contributed by atoms with Crippen LogP contribution >= 0.6 is 0 Å². The number of carbonyl (C=O) groups is 2. The standard InChI is InChI=1S/C18H17FN2O3/c1-3-21-15-10-14(8-9-16(15)24-11(2)18(21)23)20-17(22)12-4-6-13(19)7-5-12/h4-11H,3H2,1-2H3,(H,20,22). The molecule has 0 aliphatic carbocycles. The lowest BCUT2D eigenvalue weighted by Crippen LogP contribution is -2.44. The number of rotatable bonds is 3. The molecule has 1 aliphatic heterocycles. The third kappa shape index (κ3) is 2.95. The second-order valence-electron chi connectivity index (χ2n) is 5.49. The van der Waals surface area contributed by atoms with Gasteiger partial charge in [0, 0.05) is 17.8 Å². The van der Waals surface area contributed by atoms with Crippen LogP contribution in [-0.2, 0) is 4.79 Å². The zero-order chi connectivity index (χ0) is 17.3. The summed E-state index contributed by atoms with van der Waals surface area (Å²) in [7, 11) is 0. The van der Waals surface area contributed by atoms with E-state index in [1.165, 1.54) is 24.3 Å². The second kappa shape index (κ2) is 6.31. The Hall–Kier alpha value is -2.89. The van der Waals surface area contributed by atoms with Gasteiger partial charge in [0.15, 0.2) is 6.10 Å². The monoisotopic (exact) mass is 328 g/mol.